The molecule has 0 saturated carbocycles. The van der Waals surface area contributed by atoms with Crippen molar-refractivity contribution in [3.8, 4) is 0 Å². The second-order valence-corrected chi connectivity index (χ2v) is 3.29. The van der Waals surface area contributed by atoms with Crippen molar-refractivity contribution in [2.75, 3.05) is 7.05 Å². The topological polar surface area (TPSA) is 51.2 Å². The van der Waals surface area contributed by atoms with Gasteiger partial charge in [-0.15, -0.1) is 0 Å². The van der Waals surface area contributed by atoms with Gasteiger partial charge in [0.2, 0.25) is 0 Å². The minimum atomic E-state index is 0.518. The van der Waals surface area contributed by atoms with Gasteiger partial charge >= 0.3 is 0 Å². The van der Waals surface area contributed by atoms with Crippen LogP contribution < -0.4 is 11.1 Å². The Morgan fingerprint density at radius 3 is 2.93 bits per heavy atom. The third kappa shape index (κ3) is 1.41. The molecule has 3 N–H and O–H groups in total. The standard InChI is InChI=1S/C11H14N2O/c1-13-6-9-7-14-11-8(5-12)3-2-4-10(9)11/h2-4,7,13H,5-6,12H2,1H3. The second-order valence-electron chi connectivity index (χ2n) is 3.29. The molecular formula is C11H14N2O. The van der Waals surface area contributed by atoms with Gasteiger partial charge < -0.3 is 15.5 Å². The molecule has 2 rings (SSSR count). The fraction of sp³-hybridized carbons (Fsp3) is 0.273. The highest BCUT2D eigenvalue weighted by molar-refractivity contribution is 5.83. The van der Waals surface area contributed by atoms with Gasteiger partial charge in [0.25, 0.3) is 0 Å². The predicted molar refractivity (Wildman–Crippen MR) is 56.9 cm³/mol. The normalized spacial score (nSPS) is 11.0. The van der Waals surface area contributed by atoms with Gasteiger partial charge in [0.05, 0.1) is 6.26 Å². The van der Waals surface area contributed by atoms with Gasteiger partial charge in [-0.2, -0.15) is 0 Å². The van der Waals surface area contributed by atoms with Crippen molar-refractivity contribution in [2.45, 2.75) is 13.1 Å². The van der Waals surface area contributed by atoms with E-state index in [1.54, 1.807) is 6.26 Å². The van der Waals surface area contributed by atoms with Gasteiger partial charge in [-0.1, -0.05) is 18.2 Å². The molecule has 14 heavy (non-hydrogen) atoms. The van der Waals surface area contributed by atoms with Crippen LogP contribution in [-0.2, 0) is 13.1 Å². The Bertz CT molecular complexity index is 434. The summed E-state index contributed by atoms with van der Waals surface area (Å²) >= 11 is 0. The van der Waals surface area contributed by atoms with E-state index in [2.05, 4.69) is 11.4 Å². The van der Waals surface area contributed by atoms with E-state index in [1.807, 2.05) is 19.2 Å². The van der Waals surface area contributed by atoms with Crippen LogP contribution in [0.3, 0.4) is 0 Å². The van der Waals surface area contributed by atoms with E-state index in [0.29, 0.717) is 6.54 Å². The van der Waals surface area contributed by atoms with E-state index in [1.165, 1.54) is 5.56 Å². The predicted octanol–water partition coefficient (Wildman–Crippen LogP) is 1.61. The molecule has 1 aromatic carbocycles. The number of hydrogen-bond acceptors (Lipinski definition) is 3. The Balaban J connectivity index is 2.57. The Morgan fingerprint density at radius 1 is 1.36 bits per heavy atom. The van der Waals surface area contributed by atoms with E-state index in [9.17, 15) is 0 Å². The summed E-state index contributed by atoms with van der Waals surface area (Å²) in [5.74, 6) is 0. The maximum absolute atomic E-state index is 5.62. The van der Waals surface area contributed by atoms with Gasteiger partial charge in [0, 0.05) is 29.6 Å². The third-order valence-corrected chi connectivity index (χ3v) is 2.35. The molecule has 3 heteroatoms. The SMILES string of the molecule is CNCc1coc2c(CN)cccc12. The zero-order valence-corrected chi connectivity index (χ0v) is 8.21. The lowest BCUT2D eigenvalue weighted by atomic mass is 10.1. The van der Waals surface area contributed by atoms with Crippen LogP contribution in [0.2, 0.25) is 0 Å². The molecule has 1 heterocycles. The lowest BCUT2D eigenvalue weighted by molar-refractivity contribution is 0.603. The first-order valence-corrected chi connectivity index (χ1v) is 4.69. The summed E-state index contributed by atoms with van der Waals surface area (Å²) in [4.78, 5) is 0. The Labute approximate surface area is 82.9 Å². The first kappa shape index (κ1) is 9.24. The van der Waals surface area contributed by atoms with Crippen LogP contribution in [0.1, 0.15) is 11.1 Å². The highest BCUT2D eigenvalue weighted by atomic mass is 16.3. The summed E-state index contributed by atoms with van der Waals surface area (Å²) in [6, 6.07) is 6.07. The van der Waals surface area contributed by atoms with Crippen LogP contribution in [0.4, 0.5) is 0 Å². The van der Waals surface area contributed by atoms with E-state index < -0.39 is 0 Å². The van der Waals surface area contributed by atoms with Crippen LogP contribution >= 0.6 is 0 Å². The van der Waals surface area contributed by atoms with Crippen LogP contribution in [0, 0.1) is 0 Å². The molecule has 0 aliphatic heterocycles. The van der Waals surface area contributed by atoms with E-state index >= 15 is 0 Å². The minimum absolute atomic E-state index is 0.518. The third-order valence-electron chi connectivity index (χ3n) is 2.35. The fourth-order valence-corrected chi connectivity index (χ4v) is 1.66. The molecular weight excluding hydrogens is 176 g/mol. The van der Waals surface area contributed by atoms with Gasteiger partial charge in [-0.05, 0) is 7.05 Å². The molecule has 74 valence electrons. The monoisotopic (exact) mass is 190 g/mol. The van der Waals surface area contributed by atoms with Crippen molar-refractivity contribution in [3.05, 3.63) is 35.6 Å². The lowest BCUT2D eigenvalue weighted by Crippen LogP contribution is -2.04. The number of hydrogen-bond donors (Lipinski definition) is 2. The number of benzene rings is 1. The molecule has 0 saturated heterocycles. The van der Waals surface area contributed by atoms with Gasteiger partial charge in [0.15, 0.2) is 0 Å². The highest BCUT2D eigenvalue weighted by Gasteiger charge is 2.07. The zero-order valence-electron chi connectivity index (χ0n) is 8.21. The van der Waals surface area contributed by atoms with Crippen LogP contribution in [-0.4, -0.2) is 7.05 Å². The zero-order chi connectivity index (χ0) is 9.97. The summed E-state index contributed by atoms with van der Waals surface area (Å²) in [6.07, 6.45) is 1.79. The van der Waals surface area contributed by atoms with Crippen molar-refractivity contribution in [1.82, 2.24) is 5.32 Å². The van der Waals surface area contributed by atoms with Gasteiger partial charge in [0.1, 0.15) is 5.58 Å². The molecule has 0 atom stereocenters. The summed E-state index contributed by atoms with van der Waals surface area (Å²) in [6.45, 7) is 1.34. The first-order chi connectivity index (χ1) is 6.86. The van der Waals surface area contributed by atoms with Crippen molar-refractivity contribution < 1.29 is 4.42 Å². The number of rotatable bonds is 3. The quantitative estimate of drug-likeness (QED) is 0.773. The molecule has 0 aliphatic rings. The van der Waals surface area contributed by atoms with Crippen LogP contribution in [0.15, 0.2) is 28.9 Å². The molecule has 1 aromatic heterocycles. The second kappa shape index (κ2) is 3.82. The summed E-state index contributed by atoms with van der Waals surface area (Å²) in [5.41, 5.74) is 8.78. The Kier molecular flexibility index (Phi) is 2.52. The largest absolute Gasteiger partial charge is 0.464 e. The molecule has 0 fully saturated rings. The van der Waals surface area contributed by atoms with Gasteiger partial charge in [-0.25, -0.2) is 0 Å². The maximum Gasteiger partial charge on any atom is 0.138 e. The van der Waals surface area contributed by atoms with E-state index in [4.69, 9.17) is 10.2 Å². The fourth-order valence-electron chi connectivity index (χ4n) is 1.66. The lowest BCUT2D eigenvalue weighted by Gasteiger charge is -1.98. The smallest absolute Gasteiger partial charge is 0.138 e. The summed E-state index contributed by atoms with van der Waals surface area (Å²) < 4.78 is 5.50. The molecule has 0 radical (unpaired) electrons. The molecule has 0 amide bonds. The number of nitrogens with two attached hydrogens (primary N) is 1. The molecule has 0 bridgehead atoms. The first-order valence-electron chi connectivity index (χ1n) is 4.69. The molecule has 0 unspecified atom stereocenters. The number of fused-ring (bicyclic) bond motifs is 1. The van der Waals surface area contributed by atoms with Crippen molar-refractivity contribution in [3.63, 3.8) is 0 Å². The Hall–Kier alpha value is -1.32. The van der Waals surface area contributed by atoms with Crippen LogP contribution in [0.5, 0.6) is 0 Å². The molecule has 0 aliphatic carbocycles. The van der Waals surface area contributed by atoms with Crippen molar-refractivity contribution in [1.29, 1.82) is 0 Å². The van der Waals surface area contributed by atoms with E-state index in [0.717, 1.165) is 23.1 Å². The van der Waals surface area contributed by atoms with E-state index in [-0.39, 0.29) is 0 Å². The molecule has 0 spiro atoms. The Morgan fingerprint density at radius 2 is 2.21 bits per heavy atom. The number of para-hydroxylation sites is 1. The van der Waals surface area contributed by atoms with Crippen molar-refractivity contribution >= 4 is 11.0 Å². The minimum Gasteiger partial charge on any atom is -0.464 e. The summed E-state index contributed by atoms with van der Waals surface area (Å²) in [5, 5.41) is 4.26. The van der Waals surface area contributed by atoms with Crippen LogP contribution in [0.25, 0.3) is 11.0 Å². The molecule has 2 aromatic rings. The average molecular weight is 190 g/mol. The highest BCUT2D eigenvalue weighted by Crippen LogP contribution is 2.24. The van der Waals surface area contributed by atoms with Crippen molar-refractivity contribution in [2.24, 2.45) is 5.73 Å². The average Bonchev–Trinajstić information content (AvgIpc) is 2.62. The number of nitrogens with one attached hydrogen (secondary N) is 1. The number of furan rings is 1. The molecule has 3 nitrogen and oxygen atoms in total. The maximum atomic E-state index is 5.62. The summed E-state index contributed by atoms with van der Waals surface area (Å²) in [7, 11) is 1.92. The van der Waals surface area contributed by atoms with Gasteiger partial charge in [-0.3, -0.25) is 0 Å².